The van der Waals surface area contributed by atoms with Gasteiger partial charge in [0.25, 0.3) is 0 Å². The predicted molar refractivity (Wildman–Crippen MR) is 276 cm³/mol. The summed E-state index contributed by atoms with van der Waals surface area (Å²) in [5.41, 5.74) is 14.4. The summed E-state index contributed by atoms with van der Waals surface area (Å²) < 4.78 is 2.39. The summed E-state index contributed by atoms with van der Waals surface area (Å²) in [5, 5.41) is 46.6. The molecule has 0 amide bonds. The number of anilines is 3. The highest BCUT2D eigenvalue weighted by Gasteiger charge is 2.24. The number of hydrogen-bond acceptors (Lipinski definition) is 5. The summed E-state index contributed by atoms with van der Waals surface area (Å²) in [6.07, 6.45) is -0.387. The molecule has 1 aliphatic carbocycles. The predicted octanol–water partition coefficient (Wildman–Crippen LogP) is 15.7. The molecule has 0 saturated carbocycles. The second kappa shape index (κ2) is 16.7. The first-order chi connectivity index (χ1) is 32.7. The van der Waals surface area contributed by atoms with E-state index in [1.165, 1.54) is 27.1 Å². The Morgan fingerprint density at radius 3 is 1.75 bits per heavy atom. The lowest BCUT2D eigenvalue weighted by atomic mass is 9.82. The van der Waals surface area contributed by atoms with E-state index < -0.39 is 17.3 Å². The summed E-state index contributed by atoms with van der Waals surface area (Å²) in [5.74, 6) is -2.23. The largest absolute Gasteiger partial charge is 0.512 e. The number of aromatic nitrogens is 1. The smallest absolute Gasteiger partial charge is 0.196 e. The molecule has 6 nitrogen and oxygen atoms in total. The third-order valence-electron chi connectivity index (χ3n) is 12.9. The Morgan fingerprint density at radius 2 is 1.03 bits per heavy atom. The van der Waals surface area contributed by atoms with E-state index >= 15 is 0 Å². The standard InChI is InChI=1S/C60H43BN2O4/c1-37-17-18-42-27-32-49(35-45(42)33-37)63-52-15-6-5-13-51(52)57-50(14-8-16-53(57)63)44-11-7-12-48(34-44)62(46-28-23-40(24-29-46)38-9-3-2-4-10-38)47-30-25-41(26-31-47)39-19-21-43(22-20-39)56-58(61)54(64)36-55(65)59(66)60(56)67/h2-35,64-67H,36H2,1H3. The molecular weight excluding hydrogens is 823 g/mol. The molecule has 1 aliphatic rings. The molecule has 0 unspecified atom stereocenters. The van der Waals surface area contributed by atoms with Gasteiger partial charge in [-0.3, -0.25) is 0 Å². The third-order valence-corrected chi connectivity index (χ3v) is 12.9. The summed E-state index contributed by atoms with van der Waals surface area (Å²) in [6.45, 7) is 2.14. The Morgan fingerprint density at radius 1 is 0.448 bits per heavy atom. The fraction of sp³-hybridized carbons (Fsp3) is 0.0333. The van der Waals surface area contributed by atoms with E-state index in [2.05, 4.69) is 192 Å². The number of hydrogen-bond donors (Lipinski definition) is 4. The number of fused-ring (bicyclic) bond motifs is 4. The molecule has 1 aromatic heterocycles. The van der Waals surface area contributed by atoms with Gasteiger partial charge in [0.15, 0.2) is 11.5 Å². The summed E-state index contributed by atoms with van der Waals surface area (Å²) >= 11 is 0. The van der Waals surface area contributed by atoms with E-state index in [4.69, 9.17) is 7.85 Å². The van der Waals surface area contributed by atoms with E-state index in [-0.39, 0.29) is 23.2 Å². The number of nitrogens with zero attached hydrogens (tertiary/aromatic N) is 2. The molecule has 320 valence electrons. The van der Waals surface area contributed by atoms with Crippen molar-refractivity contribution in [1.29, 1.82) is 0 Å². The number of aryl methyl sites for hydroxylation is 1. The van der Waals surface area contributed by atoms with Gasteiger partial charge in [0.1, 0.15) is 13.6 Å². The normalized spacial score (nSPS) is 13.2. The van der Waals surface area contributed by atoms with Crippen LogP contribution in [0.1, 0.15) is 17.5 Å². The molecule has 0 saturated heterocycles. The van der Waals surface area contributed by atoms with Crippen LogP contribution in [0.25, 0.3) is 77.2 Å². The van der Waals surface area contributed by atoms with Crippen LogP contribution in [0.2, 0.25) is 0 Å². The zero-order chi connectivity index (χ0) is 45.8. The quantitative estimate of drug-likeness (QED) is 0.114. The van der Waals surface area contributed by atoms with Crippen LogP contribution in [0.15, 0.2) is 235 Å². The number of allylic oxidation sites excluding steroid dienone is 2. The molecular formula is C60H43BN2O4. The number of benzene rings is 9. The molecule has 10 aromatic rings. The minimum absolute atomic E-state index is 0.0408. The minimum atomic E-state index is -0.719. The van der Waals surface area contributed by atoms with Gasteiger partial charge < -0.3 is 29.9 Å². The number of rotatable bonds is 8. The Bertz CT molecular complexity index is 3640. The van der Waals surface area contributed by atoms with Crippen molar-refractivity contribution in [1.82, 2.24) is 4.57 Å². The number of aliphatic hydroxyl groups is 4. The van der Waals surface area contributed by atoms with Crippen LogP contribution in [0, 0.1) is 6.92 Å². The van der Waals surface area contributed by atoms with E-state index in [1.807, 2.05) is 18.2 Å². The molecule has 67 heavy (non-hydrogen) atoms. The zero-order valence-corrected chi connectivity index (χ0v) is 36.6. The Hall–Kier alpha value is -8.68. The van der Waals surface area contributed by atoms with E-state index in [0.29, 0.717) is 5.56 Å². The van der Waals surface area contributed by atoms with Crippen LogP contribution < -0.4 is 4.90 Å². The van der Waals surface area contributed by atoms with Crippen molar-refractivity contribution in [2.24, 2.45) is 0 Å². The van der Waals surface area contributed by atoms with Crippen LogP contribution in [0.4, 0.5) is 17.1 Å². The van der Waals surface area contributed by atoms with Gasteiger partial charge in [0, 0.05) is 39.1 Å². The molecule has 0 spiro atoms. The summed E-state index contributed by atoms with van der Waals surface area (Å²) in [4.78, 5) is 2.28. The van der Waals surface area contributed by atoms with Gasteiger partial charge in [0.05, 0.1) is 23.2 Å². The topological polar surface area (TPSA) is 89.1 Å². The Kier molecular flexibility index (Phi) is 10.2. The molecule has 0 bridgehead atoms. The first-order valence-electron chi connectivity index (χ1n) is 22.2. The highest BCUT2D eigenvalue weighted by atomic mass is 16.3. The molecule has 7 heteroatoms. The fourth-order valence-electron chi connectivity index (χ4n) is 9.51. The minimum Gasteiger partial charge on any atom is -0.512 e. The van der Waals surface area contributed by atoms with Gasteiger partial charge in [-0.15, -0.1) is 0 Å². The van der Waals surface area contributed by atoms with E-state index in [9.17, 15) is 20.4 Å². The van der Waals surface area contributed by atoms with Crippen LogP contribution in [-0.4, -0.2) is 32.8 Å². The van der Waals surface area contributed by atoms with Gasteiger partial charge in [0.2, 0.25) is 0 Å². The van der Waals surface area contributed by atoms with Gasteiger partial charge in [-0.2, -0.15) is 0 Å². The zero-order valence-electron chi connectivity index (χ0n) is 36.6. The van der Waals surface area contributed by atoms with Crippen LogP contribution in [0.5, 0.6) is 0 Å². The van der Waals surface area contributed by atoms with Gasteiger partial charge >= 0.3 is 0 Å². The molecule has 4 N–H and O–H groups in total. The average molecular weight is 867 g/mol. The monoisotopic (exact) mass is 866 g/mol. The lowest BCUT2D eigenvalue weighted by Gasteiger charge is -2.26. The Labute approximate surface area is 389 Å². The molecule has 9 aromatic carbocycles. The van der Waals surface area contributed by atoms with Gasteiger partial charge in [-0.1, -0.05) is 151 Å². The molecule has 11 rings (SSSR count). The maximum Gasteiger partial charge on any atom is 0.196 e. The molecule has 0 fully saturated rings. The Balaban J connectivity index is 0.998. The van der Waals surface area contributed by atoms with Crippen molar-refractivity contribution in [2.75, 3.05) is 4.90 Å². The second-order valence-electron chi connectivity index (χ2n) is 17.1. The molecule has 2 radical (unpaired) electrons. The number of para-hydroxylation sites is 1. The van der Waals surface area contributed by atoms with Crippen molar-refractivity contribution in [2.45, 2.75) is 13.3 Å². The number of aliphatic hydroxyl groups excluding tert-OH is 4. The van der Waals surface area contributed by atoms with Crippen molar-refractivity contribution in [3.05, 3.63) is 246 Å². The van der Waals surface area contributed by atoms with Gasteiger partial charge in [-0.25, -0.2) is 0 Å². The molecule has 0 aliphatic heterocycles. The summed E-state index contributed by atoms with van der Waals surface area (Å²) in [7, 11) is 6.19. The lowest BCUT2D eigenvalue weighted by Crippen LogP contribution is -2.10. The van der Waals surface area contributed by atoms with Crippen molar-refractivity contribution >= 4 is 63.1 Å². The molecule has 1 heterocycles. The van der Waals surface area contributed by atoms with Crippen molar-refractivity contribution in [3.8, 4) is 39.1 Å². The highest BCUT2D eigenvalue weighted by Crippen LogP contribution is 2.43. The van der Waals surface area contributed by atoms with Crippen LogP contribution >= 0.6 is 0 Å². The van der Waals surface area contributed by atoms with Crippen LogP contribution in [-0.2, 0) is 0 Å². The SMILES string of the molecule is [B]C1=C(O)CC(O)=C(O)C(O)=C1c1ccc(-c2ccc(N(c3ccc(-c4ccccc4)cc3)c3cccc(-c4cccc5c4c4ccccc4n5-c4ccc5ccc(C)cc5c4)c3)cc2)cc1. The average Bonchev–Trinajstić information content (AvgIpc) is 3.68. The van der Waals surface area contributed by atoms with Crippen molar-refractivity contribution < 1.29 is 20.4 Å². The van der Waals surface area contributed by atoms with Gasteiger partial charge in [-0.05, 0) is 123 Å². The fourth-order valence-corrected chi connectivity index (χ4v) is 9.51. The van der Waals surface area contributed by atoms with E-state index in [0.717, 1.165) is 67.2 Å². The summed E-state index contributed by atoms with van der Waals surface area (Å²) in [6, 6.07) is 72.1. The maximum absolute atomic E-state index is 10.8. The second-order valence-corrected chi connectivity index (χ2v) is 17.1. The molecule has 0 atom stereocenters. The van der Waals surface area contributed by atoms with Crippen LogP contribution in [0.3, 0.4) is 0 Å². The van der Waals surface area contributed by atoms with E-state index in [1.54, 1.807) is 12.1 Å². The first kappa shape index (κ1) is 41.1. The lowest BCUT2D eigenvalue weighted by molar-refractivity contribution is 0.273. The maximum atomic E-state index is 10.8. The third kappa shape index (κ3) is 7.37. The van der Waals surface area contributed by atoms with Crippen molar-refractivity contribution in [3.63, 3.8) is 0 Å². The highest BCUT2D eigenvalue weighted by molar-refractivity contribution is 6.31. The first-order valence-corrected chi connectivity index (χ1v) is 22.2.